The molecular formula is C16H18ClNO4S. The summed E-state index contributed by atoms with van der Waals surface area (Å²) in [5.74, 6) is 0.0439. The summed E-state index contributed by atoms with van der Waals surface area (Å²) in [5, 5.41) is 13.5. The molecule has 0 aliphatic heterocycles. The van der Waals surface area contributed by atoms with E-state index in [9.17, 15) is 13.5 Å². The molecule has 0 radical (unpaired) electrons. The third-order valence-electron chi connectivity index (χ3n) is 3.09. The maximum Gasteiger partial charge on any atom is 0.306 e. The molecule has 0 amide bonds. The highest BCUT2D eigenvalue weighted by Gasteiger charge is 2.13. The first-order valence-corrected chi connectivity index (χ1v) is 9.16. The molecule has 2 rings (SSSR count). The highest BCUT2D eigenvalue weighted by molar-refractivity contribution is 7.86. The van der Waals surface area contributed by atoms with Gasteiger partial charge in [0.1, 0.15) is 0 Å². The van der Waals surface area contributed by atoms with E-state index in [1.54, 1.807) is 6.07 Å². The normalized spacial score (nSPS) is 12.8. The second kappa shape index (κ2) is 7.79. The van der Waals surface area contributed by atoms with Crippen LogP contribution in [0.5, 0.6) is 5.75 Å². The fourth-order valence-electron chi connectivity index (χ4n) is 2.02. The Bertz CT molecular complexity index is 750. The fourth-order valence-corrected chi connectivity index (χ4v) is 2.77. The molecule has 2 aromatic rings. The fraction of sp³-hybridized carbons (Fsp3) is 0.250. The van der Waals surface area contributed by atoms with E-state index in [1.165, 1.54) is 12.1 Å². The van der Waals surface area contributed by atoms with Crippen LogP contribution < -0.4 is 9.50 Å². The number of nitrogens with one attached hydrogen (secondary N) is 1. The Morgan fingerprint density at radius 3 is 2.52 bits per heavy atom. The van der Waals surface area contributed by atoms with Crippen LogP contribution in [0.4, 0.5) is 0 Å². The molecule has 0 spiro atoms. The summed E-state index contributed by atoms with van der Waals surface area (Å²) in [6.07, 6.45) is 0.183. The van der Waals surface area contributed by atoms with Gasteiger partial charge in [0.05, 0.1) is 17.4 Å². The monoisotopic (exact) mass is 355 g/mol. The van der Waals surface area contributed by atoms with E-state index in [2.05, 4.69) is 5.32 Å². The third-order valence-corrected chi connectivity index (χ3v) is 3.87. The minimum Gasteiger partial charge on any atom is -0.387 e. The smallest absolute Gasteiger partial charge is 0.306 e. The summed E-state index contributed by atoms with van der Waals surface area (Å²) in [4.78, 5) is 0. The minimum atomic E-state index is -3.64. The summed E-state index contributed by atoms with van der Waals surface area (Å²) in [6.45, 7) is 0.985. The van der Waals surface area contributed by atoms with Crippen LogP contribution in [-0.4, -0.2) is 26.3 Å². The van der Waals surface area contributed by atoms with Gasteiger partial charge in [-0.1, -0.05) is 48.0 Å². The summed E-state index contributed by atoms with van der Waals surface area (Å²) in [5.41, 5.74) is 1.70. The van der Waals surface area contributed by atoms with Crippen molar-refractivity contribution in [3.8, 4) is 5.75 Å². The number of benzene rings is 2. The van der Waals surface area contributed by atoms with Gasteiger partial charge in [-0.15, -0.1) is 0 Å². The third kappa shape index (κ3) is 5.84. The first kappa shape index (κ1) is 17.7. The number of rotatable bonds is 7. The van der Waals surface area contributed by atoms with Gasteiger partial charge in [-0.05, 0) is 23.3 Å². The zero-order valence-electron chi connectivity index (χ0n) is 12.6. The predicted octanol–water partition coefficient (Wildman–Crippen LogP) is 2.50. The number of halogens is 1. The zero-order chi connectivity index (χ0) is 16.9. The molecule has 0 aromatic heterocycles. The maximum atomic E-state index is 11.1. The lowest BCUT2D eigenvalue weighted by molar-refractivity contribution is 0.174. The van der Waals surface area contributed by atoms with Crippen molar-refractivity contribution in [2.75, 3.05) is 12.8 Å². The van der Waals surface area contributed by atoms with Gasteiger partial charge in [-0.2, -0.15) is 8.42 Å². The molecule has 23 heavy (non-hydrogen) atoms. The van der Waals surface area contributed by atoms with Crippen LogP contribution in [0.2, 0.25) is 5.02 Å². The first-order valence-electron chi connectivity index (χ1n) is 6.97. The van der Waals surface area contributed by atoms with Gasteiger partial charge in [0.15, 0.2) is 5.75 Å². The van der Waals surface area contributed by atoms with E-state index in [1.807, 2.05) is 30.3 Å². The standard InChI is InChI=1S/C16H18ClNO4S/c1-23(20,21)22-16-8-7-13(9-14(16)17)15(19)11-18-10-12-5-3-2-4-6-12/h2-9,15,18-19H,10-11H2,1H3. The first-order chi connectivity index (χ1) is 10.8. The molecule has 1 unspecified atom stereocenters. The summed E-state index contributed by atoms with van der Waals surface area (Å²) < 4.78 is 27.0. The molecule has 2 aromatic carbocycles. The lowest BCUT2D eigenvalue weighted by atomic mass is 10.1. The number of aliphatic hydroxyl groups is 1. The van der Waals surface area contributed by atoms with Gasteiger partial charge in [-0.25, -0.2) is 0 Å². The van der Waals surface area contributed by atoms with E-state index in [0.717, 1.165) is 11.8 Å². The molecule has 124 valence electrons. The Morgan fingerprint density at radius 1 is 1.22 bits per heavy atom. The molecular weight excluding hydrogens is 338 g/mol. The van der Waals surface area contributed by atoms with E-state index < -0.39 is 16.2 Å². The predicted molar refractivity (Wildman–Crippen MR) is 90.0 cm³/mol. The van der Waals surface area contributed by atoms with E-state index >= 15 is 0 Å². The maximum absolute atomic E-state index is 11.1. The van der Waals surface area contributed by atoms with Crippen molar-refractivity contribution in [1.29, 1.82) is 0 Å². The van der Waals surface area contributed by atoms with Crippen molar-refractivity contribution in [3.05, 3.63) is 64.7 Å². The Morgan fingerprint density at radius 2 is 1.91 bits per heavy atom. The molecule has 0 saturated heterocycles. The van der Waals surface area contributed by atoms with Gasteiger partial charge in [-0.3, -0.25) is 0 Å². The lowest BCUT2D eigenvalue weighted by Crippen LogP contribution is -2.21. The van der Waals surface area contributed by atoms with Crippen LogP contribution in [0.1, 0.15) is 17.2 Å². The quantitative estimate of drug-likeness (QED) is 0.746. The van der Waals surface area contributed by atoms with Gasteiger partial charge in [0.25, 0.3) is 0 Å². The Labute approximate surface area is 141 Å². The molecule has 1 atom stereocenters. The Hall–Kier alpha value is -1.60. The zero-order valence-corrected chi connectivity index (χ0v) is 14.1. The number of aliphatic hydroxyl groups excluding tert-OH is 1. The minimum absolute atomic E-state index is 0.0439. The Kier molecular flexibility index (Phi) is 6.01. The van der Waals surface area contributed by atoms with Crippen LogP contribution >= 0.6 is 11.6 Å². The highest BCUT2D eigenvalue weighted by atomic mass is 35.5. The summed E-state index contributed by atoms with van der Waals surface area (Å²) in [7, 11) is -3.64. The van der Waals surface area contributed by atoms with Gasteiger partial charge < -0.3 is 14.6 Å². The average molecular weight is 356 g/mol. The molecule has 0 bridgehead atoms. The molecule has 0 saturated carbocycles. The molecule has 7 heteroatoms. The number of hydrogen-bond donors (Lipinski definition) is 2. The van der Waals surface area contributed by atoms with Crippen LogP contribution in [0.3, 0.4) is 0 Å². The molecule has 2 N–H and O–H groups in total. The Balaban J connectivity index is 1.94. The average Bonchev–Trinajstić information content (AvgIpc) is 2.49. The van der Waals surface area contributed by atoms with Gasteiger partial charge in [0.2, 0.25) is 0 Å². The number of hydrogen-bond acceptors (Lipinski definition) is 5. The summed E-state index contributed by atoms with van der Waals surface area (Å²) in [6, 6.07) is 14.3. The topological polar surface area (TPSA) is 75.6 Å². The SMILES string of the molecule is CS(=O)(=O)Oc1ccc(C(O)CNCc2ccccc2)cc1Cl. The molecule has 0 aliphatic rings. The molecule has 0 heterocycles. The van der Waals surface area contributed by atoms with Crippen LogP contribution in [-0.2, 0) is 16.7 Å². The van der Waals surface area contributed by atoms with Crippen molar-refractivity contribution in [3.63, 3.8) is 0 Å². The second-order valence-corrected chi connectivity index (χ2v) is 7.09. The van der Waals surface area contributed by atoms with E-state index in [0.29, 0.717) is 18.7 Å². The summed E-state index contributed by atoms with van der Waals surface area (Å²) >= 11 is 5.99. The van der Waals surface area contributed by atoms with Crippen LogP contribution in [0.15, 0.2) is 48.5 Å². The lowest BCUT2D eigenvalue weighted by Gasteiger charge is -2.14. The van der Waals surface area contributed by atoms with Crippen LogP contribution in [0, 0.1) is 0 Å². The van der Waals surface area contributed by atoms with E-state index in [4.69, 9.17) is 15.8 Å². The molecule has 5 nitrogen and oxygen atoms in total. The molecule has 0 aliphatic carbocycles. The van der Waals surface area contributed by atoms with Crippen molar-refractivity contribution in [2.24, 2.45) is 0 Å². The largest absolute Gasteiger partial charge is 0.387 e. The van der Waals surface area contributed by atoms with Crippen LogP contribution in [0.25, 0.3) is 0 Å². The van der Waals surface area contributed by atoms with Gasteiger partial charge >= 0.3 is 10.1 Å². The van der Waals surface area contributed by atoms with Crippen molar-refractivity contribution in [2.45, 2.75) is 12.6 Å². The van der Waals surface area contributed by atoms with Crippen molar-refractivity contribution in [1.82, 2.24) is 5.32 Å². The van der Waals surface area contributed by atoms with Crippen molar-refractivity contribution < 1.29 is 17.7 Å². The second-order valence-electron chi connectivity index (χ2n) is 5.11. The highest BCUT2D eigenvalue weighted by Crippen LogP contribution is 2.28. The van der Waals surface area contributed by atoms with E-state index in [-0.39, 0.29) is 10.8 Å². The molecule has 0 fully saturated rings. The van der Waals surface area contributed by atoms with Gasteiger partial charge in [0, 0.05) is 13.1 Å². The van der Waals surface area contributed by atoms with Crippen molar-refractivity contribution >= 4 is 21.7 Å².